The zero-order valence-electron chi connectivity index (χ0n) is 7.40. The molecule has 0 saturated heterocycles. The molecule has 0 amide bonds. The second-order valence-electron chi connectivity index (χ2n) is 3.46. The zero-order chi connectivity index (χ0) is 9.47. The van der Waals surface area contributed by atoms with Crippen molar-refractivity contribution in [3.05, 3.63) is 34.6 Å². The lowest BCUT2D eigenvalue weighted by Gasteiger charge is -2.14. The molecule has 1 nitrogen and oxygen atoms in total. The summed E-state index contributed by atoms with van der Waals surface area (Å²) in [5.74, 6) is -0.350. The van der Waals surface area contributed by atoms with Crippen molar-refractivity contribution in [2.24, 2.45) is 0 Å². The molecule has 70 valence electrons. The van der Waals surface area contributed by atoms with Gasteiger partial charge in [0.1, 0.15) is 5.82 Å². The van der Waals surface area contributed by atoms with Crippen LogP contribution in [0, 0.1) is 5.82 Å². The molecule has 0 unspecified atom stereocenters. The highest BCUT2D eigenvalue weighted by Crippen LogP contribution is 2.45. The SMILES string of the molecule is CNC1(c2ccc(F)c(Cl)c2)CC1. The van der Waals surface area contributed by atoms with E-state index < -0.39 is 0 Å². The van der Waals surface area contributed by atoms with Gasteiger partial charge in [0.05, 0.1) is 5.02 Å². The van der Waals surface area contributed by atoms with Gasteiger partial charge in [-0.15, -0.1) is 0 Å². The van der Waals surface area contributed by atoms with Gasteiger partial charge in [0.25, 0.3) is 0 Å². The van der Waals surface area contributed by atoms with E-state index in [-0.39, 0.29) is 16.4 Å². The van der Waals surface area contributed by atoms with E-state index in [2.05, 4.69) is 5.32 Å². The van der Waals surface area contributed by atoms with E-state index in [1.165, 1.54) is 6.07 Å². The van der Waals surface area contributed by atoms with Crippen LogP contribution in [-0.2, 0) is 5.54 Å². The molecule has 0 spiro atoms. The summed E-state index contributed by atoms with van der Waals surface area (Å²) in [7, 11) is 1.92. The molecular weight excluding hydrogens is 189 g/mol. The minimum absolute atomic E-state index is 0.0668. The summed E-state index contributed by atoms with van der Waals surface area (Å²) in [6.07, 6.45) is 2.21. The first-order valence-electron chi connectivity index (χ1n) is 4.32. The standard InChI is InChI=1S/C10H11ClFN/c1-13-10(4-5-10)7-2-3-9(12)8(11)6-7/h2-3,6,13H,4-5H2,1H3. The molecule has 0 aromatic heterocycles. The van der Waals surface area contributed by atoms with Crippen LogP contribution < -0.4 is 5.32 Å². The van der Waals surface area contributed by atoms with E-state index in [4.69, 9.17) is 11.6 Å². The Labute approximate surface area is 81.9 Å². The van der Waals surface area contributed by atoms with E-state index >= 15 is 0 Å². The first kappa shape index (κ1) is 8.97. The fourth-order valence-corrected chi connectivity index (χ4v) is 1.78. The van der Waals surface area contributed by atoms with Crippen LogP contribution in [0.1, 0.15) is 18.4 Å². The maximum atomic E-state index is 12.9. The van der Waals surface area contributed by atoms with Gasteiger partial charge in [-0.1, -0.05) is 17.7 Å². The summed E-state index contributed by atoms with van der Waals surface area (Å²) >= 11 is 5.70. The molecule has 1 aromatic rings. The first-order valence-corrected chi connectivity index (χ1v) is 4.70. The van der Waals surface area contributed by atoms with Gasteiger partial charge in [0.15, 0.2) is 0 Å². The molecule has 1 saturated carbocycles. The number of hydrogen-bond acceptors (Lipinski definition) is 1. The molecule has 1 aromatic carbocycles. The third-order valence-electron chi connectivity index (χ3n) is 2.70. The normalized spacial score (nSPS) is 18.7. The van der Waals surface area contributed by atoms with Crippen molar-refractivity contribution in [2.45, 2.75) is 18.4 Å². The van der Waals surface area contributed by atoms with Crippen molar-refractivity contribution in [3.63, 3.8) is 0 Å². The van der Waals surface area contributed by atoms with E-state index in [0.717, 1.165) is 18.4 Å². The average Bonchev–Trinajstić information content (AvgIpc) is 2.90. The Bertz CT molecular complexity index is 334. The van der Waals surface area contributed by atoms with Crippen LogP contribution in [-0.4, -0.2) is 7.05 Å². The van der Waals surface area contributed by atoms with E-state index in [1.54, 1.807) is 12.1 Å². The van der Waals surface area contributed by atoms with Crippen molar-refractivity contribution in [2.75, 3.05) is 7.05 Å². The Hall–Kier alpha value is -0.600. The smallest absolute Gasteiger partial charge is 0.141 e. The van der Waals surface area contributed by atoms with E-state index in [0.29, 0.717) is 0 Å². The topological polar surface area (TPSA) is 12.0 Å². The van der Waals surface area contributed by atoms with Crippen LogP contribution >= 0.6 is 11.6 Å². The lowest BCUT2D eigenvalue weighted by atomic mass is 10.1. The van der Waals surface area contributed by atoms with Crippen LogP contribution in [0.5, 0.6) is 0 Å². The van der Waals surface area contributed by atoms with Gasteiger partial charge in [0.2, 0.25) is 0 Å². The third-order valence-corrected chi connectivity index (χ3v) is 2.99. The summed E-state index contributed by atoms with van der Waals surface area (Å²) in [6, 6.07) is 4.93. The monoisotopic (exact) mass is 199 g/mol. The third kappa shape index (κ3) is 1.45. The van der Waals surface area contributed by atoms with Crippen molar-refractivity contribution in [3.8, 4) is 0 Å². The predicted octanol–water partition coefficient (Wildman–Crippen LogP) is 2.69. The molecule has 3 heteroatoms. The Balaban J connectivity index is 2.37. The molecule has 0 heterocycles. The van der Waals surface area contributed by atoms with Gasteiger partial charge in [-0.05, 0) is 37.6 Å². The van der Waals surface area contributed by atoms with Crippen LogP contribution in [0.4, 0.5) is 4.39 Å². The largest absolute Gasteiger partial charge is 0.310 e. The Morgan fingerprint density at radius 1 is 1.46 bits per heavy atom. The highest BCUT2D eigenvalue weighted by atomic mass is 35.5. The molecule has 0 bridgehead atoms. The molecule has 0 radical (unpaired) electrons. The van der Waals surface area contributed by atoms with Crippen LogP contribution in [0.3, 0.4) is 0 Å². The summed E-state index contributed by atoms with van der Waals surface area (Å²) in [6.45, 7) is 0. The summed E-state index contributed by atoms with van der Waals surface area (Å²) in [5.41, 5.74) is 1.15. The molecule has 13 heavy (non-hydrogen) atoms. The van der Waals surface area contributed by atoms with Gasteiger partial charge >= 0.3 is 0 Å². The van der Waals surface area contributed by atoms with Crippen LogP contribution in [0.15, 0.2) is 18.2 Å². The van der Waals surface area contributed by atoms with Crippen molar-refractivity contribution < 1.29 is 4.39 Å². The Kier molecular flexibility index (Phi) is 2.05. The van der Waals surface area contributed by atoms with Gasteiger partial charge in [0, 0.05) is 5.54 Å². The lowest BCUT2D eigenvalue weighted by Crippen LogP contribution is -2.24. The van der Waals surface area contributed by atoms with Gasteiger partial charge in [-0.2, -0.15) is 0 Å². The molecule has 0 atom stereocenters. The molecule has 1 aliphatic carbocycles. The number of hydrogen-bond donors (Lipinski definition) is 1. The minimum Gasteiger partial charge on any atom is -0.310 e. The summed E-state index contributed by atoms with van der Waals surface area (Å²) in [5, 5.41) is 3.44. The molecule has 0 aliphatic heterocycles. The number of rotatable bonds is 2. The fourth-order valence-electron chi connectivity index (χ4n) is 1.60. The van der Waals surface area contributed by atoms with Crippen LogP contribution in [0.25, 0.3) is 0 Å². The van der Waals surface area contributed by atoms with Gasteiger partial charge in [-0.3, -0.25) is 0 Å². The molecule has 2 rings (SSSR count). The van der Waals surface area contributed by atoms with Gasteiger partial charge in [-0.25, -0.2) is 4.39 Å². The van der Waals surface area contributed by atoms with E-state index in [1.807, 2.05) is 7.05 Å². The summed E-state index contributed by atoms with van der Waals surface area (Å²) < 4.78 is 12.9. The minimum atomic E-state index is -0.350. The molecule has 1 aliphatic rings. The van der Waals surface area contributed by atoms with Crippen molar-refractivity contribution in [1.29, 1.82) is 0 Å². The number of halogens is 2. The predicted molar refractivity (Wildman–Crippen MR) is 51.4 cm³/mol. The summed E-state index contributed by atoms with van der Waals surface area (Å²) in [4.78, 5) is 0. The Morgan fingerprint density at radius 3 is 2.62 bits per heavy atom. The fraction of sp³-hybridized carbons (Fsp3) is 0.400. The second kappa shape index (κ2) is 2.96. The highest BCUT2D eigenvalue weighted by Gasteiger charge is 2.42. The number of benzene rings is 1. The zero-order valence-corrected chi connectivity index (χ0v) is 8.16. The Morgan fingerprint density at radius 2 is 2.15 bits per heavy atom. The van der Waals surface area contributed by atoms with Crippen LogP contribution in [0.2, 0.25) is 5.02 Å². The molecule has 1 fully saturated rings. The lowest BCUT2D eigenvalue weighted by molar-refractivity contribution is 0.580. The quantitative estimate of drug-likeness (QED) is 0.773. The highest BCUT2D eigenvalue weighted by molar-refractivity contribution is 6.30. The number of nitrogens with one attached hydrogen (secondary N) is 1. The maximum Gasteiger partial charge on any atom is 0.141 e. The molecular formula is C10H11ClFN. The van der Waals surface area contributed by atoms with Crippen molar-refractivity contribution in [1.82, 2.24) is 5.32 Å². The van der Waals surface area contributed by atoms with E-state index in [9.17, 15) is 4.39 Å². The van der Waals surface area contributed by atoms with Gasteiger partial charge < -0.3 is 5.32 Å². The molecule has 1 N–H and O–H groups in total. The first-order chi connectivity index (χ1) is 6.18. The second-order valence-corrected chi connectivity index (χ2v) is 3.87. The average molecular weight is 200 g/mol. The van der Waals surface area contributed by atoms with Crippen molar-refractivity contribution >= 4 is 11.6 Å². The maximum absolute atomic E-state index is 12.9.